The molecule has 7 heteroatoms. The van der Waals surface area contributed by atoms with E-state index >= 15 is 0 Å². The van der Waals surface area contributed by atoms with Crippen molar-refractivity contribution in [2.24, 2.45) is 5.41 Å². The zero-order valence-corrected chi connectivity index (χ0v) is 25.8. The summed E-state index contributed by atoms with van der Waals surface area (Å²) in [6.45, 7) is 3.66. The molecule has 42 heavy (non-hydrogen) atoms. The molecule has 3 aromatic carbocycles. The Labute approximate surface area is 257 Å². The van der Waals surface area contributed by atoms with Gasteiger partial charge < -0.3 is 16.4 Å². The second-order valence-electron chi connectivity index (χ2n) is 11.7. The summed E-state index contributed by atoms with van der Waals surface area (Å²) in [5, 5.41) is 22.1. The number of thioether (sulfide) groups is 1. The van der Waals surface area contributed by atoms with Gasteiger partial charge in [0.05, 0.1) is 23.2 Å². The lowest BCUT2D eigenvalue weighted by Crippen LogP contribution is -2.18. The number of halogens is 1. The van der Waals surface area contributed by atoms with Gasteiger partial charge in [-0.1, -0.05) is 78.3 Å². The first-order valence-corrected chi connectivity index (χ1v) is 15.5. The highest BCUT2D eigenvalue weighted by Crippen LogP contribution is 2.53. The molecule has 1 aromatic heterocycles. The number of carboxylic acid groups (broad SMARTS) is 1. The Morgan fingerprint density at radius 3 is 2.55 bits per heavy atom. The first-order chi connectivity index (χ1) is 19.6. The minimum atomic E-state index is -0.911. The van der Waals surface area contributed by atoms with Gasteiger partial charge in [0.15, 0.2) is 0 Å². The third-order valence-corrected chi connectivity index (χ3v) is 9.76. The Balaban J connectivity index is 0.00000405. The molecule has 0 saturated heterocycles. The number of benzene rings is 3. The van der Waals surface area contributed by atoms with Crippen molar-refractivity contribution in [2.45, 2.75) is 56.8 Å². The van der Waals surface area contributed by atoms with E-state index in [4.69, 9.17) is 16.6 Å². The van der Waals surface area contributed by atoms with E-state index in [1.54, 1.807) is 0 Å². The molecule has 5 rings (SSSR count). The van der Waals surface area contributed by atoms with Gasteiger partial charge in [-0.2, -0.15) is 11.8 Å². The second kappa shape index (κ2) is 13.4. The Morgan fingerprint density at radius 2 is 1.81 bits per heavy atom. The molecule has 5 N–H and O–H groups in total. The highest BCUT2D eigenvalue weighted by molar-refractivity contribution is 7.99. The largest absolute Gasteiger partial charge is 0.481 e. The van der Waals surface area contributed by atoms with E-state index in [2.05, 4.69) is 42.5 Å². The van der Waals surface area contributed by atoms with Gasteiger partial charge in [0, 0.05) is 21.4 Å². The molecule has 1 aliphatic rings. The van der Waals surface area contributed by atoms with Crippen LogP contribution in [0, 0.1) is 5.41 Å². The van der Waals surface area contributed by atoms with Crippen molar-refractivity contribution in [1.82, 2.24) is 11.1 Å². The Bertz CT molecular complexity index is 1580. The number of nitrogens with zero attached hydrogens (tertiary/aromatic N) is 1. The number of aromatic nitrogens is 1. The number of carbonyl (C=O) groups is 1. The minimum Gasteiger partial charge on any atom is -0.481 e. The molecule has 1 aliphatic carbocycles. The van der Waals surface area contributed by atoms with Crippen molar-refractivity contribution in [3.8, 4) is 0 Å². The molecule has 1 heterocycles. The van der Waals surface area contributed by atoms with Gasteiger partial charge >= 0.3 is 5.97 Å². The lowest BCUT2D eigenvalue weighted by molar-refractivity contribution is -0.138. The summed E-state index contributed by atoms with van der Waals surface area (Å²) in [5.41, 5.74) is 5.15. The van der Waals surface area contributed by atoms with E-state index in [-0.39, 0.29) is 23.2 Å². The number of aliphatic carboxylic acids is 1. The number of rotatable bonds is 12. The zero-order chi connectivity index (χ0) is 29.0. The first-order valence-electron chi connectivity index (χ1n) is 14.1. The smallest absolute Gasteiger partial charge is 0.303 e. The highest BCUT2D eigenvalue weighted by atomic mass is 35.5. The summed E-state index contributed by atoms with van der Waals surface area (Å²) < 4.78 is 0. The number of aryl methyl sites for hydroxylation is 1. The summed E-state index contributed by atoms with van der Waals surface area (Å²) in [4.78, 5) is 16.2. The van der Waals surface area contributed by atoms with Crippen LogP contribution >= 0.6 is 23.4 Å². The molecule has 0 bridgehead atoms. The van der Waals surface area contributed by atoms with Gasteiger partial charge in [0.2, 0.25) is 0 Å². The fourth-order valence-corrected chi connectivity index (χ4v) is 7.09. The van der Waals surface area contributed by atoms with Crippen LogP contribution in [0.1, 0.15) is 72.7 Å². The molecule has 220 valence electrons. The van der Waals surface area contributed by atoms with Gasteiger partial charge in [-0.25, -0.2) is 4.98 Å². The molecule has 1 fully saturated rings. The topological polar surface area (TPSA) is 105 Å². The maximum atomic E-state index is 11.5. The third-order valence-electron chi connectivity index (χ3n) is 7.83. The molecule has 0 radical (unpaired) electrons. The van der Waals surface area contributed by atoms with Crippen molar-refractivity contribution < 1.29 is 15.0 Å². The molecule has 5 nitrogen and oxygen atoms in total. The summed E-state index contributed by atoms with van der Waals surface area (Å²) in [6, 6.07) is 26.5. The maximum Gasteiger partial charge on any atom is 0.303 e. The molecule has 0 amide bonds. The highest BCUT2D eigenvalue weighted by Gasteiger charge is 2.44. The van der Waals surface area contributed by atoms with E-state index in [0.29, 0.717) is 5.02 Å². The van der Waals surface area contributed by atoms with E-state index in [1.165, 1.54) is 5.56 Å². The average molecular weight is 603 g/mol. The Kier molecular flexibility index (Phi) is 10.2. The molecule has 4 aromatic rings. The normalized spacial score (nSPS) is 15.0. The van der Waals surface area contributed by atoms with Crippen LogP contribution in [0.15, 0.2) is 78.9 Å². The van der Waals surface area contributed by atoms with Gasteiger partial charge in [0.25, 0.3) is 0 Å². The molecule has 1 saturated carbocycles. The predicted molar refractivity (Wildman–Crippen MR) is 176 cm³/mol. The van der Waals surface area contributed by atoms with Crippen molar-refractivity contribution in [1.29, 1.82) is 0 Å². The summed E-state index contributed by atoms with van der Waals surface area (Å²) in [7, 11) is 0. The molecule has 1 atom stereocenters. The van der Waals surface area contributed by atoms with Gasteiger partial charge in [0.1, 0.15) is 0 Å². The zero-order valence-electron chi connectivity index (χ0n) is 24.2. The SMILES string of the molecule is CC(C)(O)c1ccccc1CC[C@@H](SCC1(CC(=O)O)CC1)c1cccc(C=Cc2ccc3ccc(Cl)cc3n2)c1.N. The fraction of sp³-hybridized carbons (Fsp3) is 0.314. The number of hydrogen-bond acceptors (Lipinski definition) is 5. The summed E-state index contributed by atoms with van der Waals surface area (Å²) in [6.07, 6.45) is 8.02. The number of pyridine rings is 1. The van der Waals surface area contributed by atoms with E-state index in [9.17, 15) is 15.0 Å². The van der Waals surface area contributed by atoms with Gasteiger partial charge in [-0.3, -0.25) is 4.79 Å². The second-order valence-corrected chi connectivity index (χ2v) is 13.3. The lowest BCUT2D eigenvalue weighted by atomic mass is 9.90. The van der Waals surface area contributed by atoms with Crippen LogP contribution in [0.2, 0.25) is 5.02 Å². The van der Waals surface area contributed by atoms with E-state index in [1.807, 2.05) is 74.1 Å². The first kappa shape index (κ1) is 31.8. The van der Waals surface area contributed by atoms with Crippen LogP contribution in [0.3, 0.4) is 0 Å². The average Bonchev–Trinajstić information content (AvgIpc) is 3.70. The quantitative estimate of drug-likeness (QED) is 0.149. The lowest BCUT2D eigenvalue weighted by Gasteiger charge is -2.24. The van der Waals surface area contributed by atoms with Crippen LogP contribution in [0.25, 0.3) is 23.1 Å². The van der Waals surface area contributed by atoms with Crippen LogP contribution in [-0.4, -0.2) is 26.9 Å². The van der Waals surface area contributed by atoms with E-state index in [0.717, 1.165) is 64.7 Å². The Hall–Kier alpha value is -3.16. The molecular weight excluding hydrogens is 564 g/mol. The van der Waals surface area contributed by atoms with Crippen LogP contribution in [0.4, 0.5) is 0 Å². The van der Waals surface area contributed by atoms with Gasteiger partial charge in [-0.15, -0.1) is 0 Å². The molecule has 0 spiro atoms. The summed E-state index contributed by atoms with van der Waals surface area (Å²) >= 11 is 8.04. The van der Waals surface area contributed by atoms with E-state index < -0.39 is 11.6 Å². The third kappa shape index (κ3) is 8.23. The summed E-state index contributed by atoms with van der Waals surface area (Å²) in [5.74, 6) is 0.122. The standard InChI is InChI=1S/C35H36ClNO3S.H3N/c1-34(2,40)30-9-4-3-7-25(30)13-17-32(41-23-35(18-19-35)22-33(38)39)27-8-5-6-24(20-27)10-15-29-16-12-26-11-14-28(36)21-31(26)37-29;/h3-12,14-16,20-21,32,40H,13,17-19,22-23H2,1-2H3,(H,38,39);1H3/t32-;/m1./s1. The minimum absolute atomic E-state index is 0. The molecule has 0 unspecified atom stereocenters. The number of aliphatic hydroxyl groups is 1. The molecular formula is C35H39ClN2O3S. The van der Waals surface area contributed by atoms with Crippen LogP contribution in [-0.2, 0) is 16.8 Å². The Morgan fingerprint density at radius 1 is 1.05 bits per heavy atom. The molecule has 0 aliphatic heterocycles. The number of hydrogen-bond donors (Lipinski definition) is 3. The van der Waals surface area contributed by atoms with Crippen molar-refractivity contribution in [2.75, 3.05) is 5.75 Å². The fourth-order valence-electron chi connectivity index (χ4n) is 5.36. The van der Waals surface area contributed by atoms with Crippen LogP contribution in [0.5, 0.6) is 0 Å². The van der Waals surface area contributed by atoms with Gasteiger partial charge in [-0.05, 0) is 91.5 Å². The van der Waals surface area contributed by atoms with Crippen molar-refractivity contribution >= 4 is 52.4 Å². The monoisotopic (exact) mass is 602 g/mol. The van der Waals surface area contributed by atoms with Crippen molar-refractivity contribution in [3.63, 3.8) is 0 Å². The predicted octanol–water partition coefficient (Wildman–Crippen LogP) is 9.11. The van der Waals surface area contributed by atoms with Crippen LogP contribution < -0.4 is 6.15 Å². The number of fused-ring (bicyclic) bond motifs is 1. The maximum absolute atomic E-state index is 11.5. The van der Waals surface area contributed by atoms with Crippen molar-refractivity contribution in [3.05, 3.63) is 112 Å². The number of carboxylic acids is 1.